The van der Waals surface area contributed by atoms with E-state index in [4.69, 9.17) is 28.4 Å². The van der Waals surface area contributed by atoms with E-state index in [9.17, 15) is 4.79 Å². The van der Waals surface area contributed by atoms with Crippen molar-refractivity contribution in [2.75, 3.05) is 66.1 Å². The second-order valence-electron chi connectivity index (χ2n) is 5.42. The number of H-pyrrole nitrogens is 1. The quantitative estimate of drug-likeness (QED) is 0.723. The molecule has 2 heterocycles. The molecule has 8 heteroatoms. The fraction of sp³-hybridized carbons (Fsp3) is 0.706. The Labute approximate surface area is 147 Å². The van der Waals surface area contributed by atoms with Gasteiger partial charge in [0, 0.05) is 23.5 Å². The molecule has 142 valence electrons. The van der Waals surface area contributed by atoms with Crippen molar-refractivity contribution in [3.63, 3.8) is 0 Å². The lowest BCUT2D eigenvalue weighted by molar-refractivity contribution is -0.0181. The topological polar surface area (TPSA) is 88.2 Å². The number of ether oxygens (including phenoxy) is 6. The summed E-state index contributed by atoms with van der Waals surface area (Å²) in [4.78, 5) is 14.9. The van der Waals surface area contributed by atoms with Crippen LogP contribution in [0.1, 0.15) is 11.4 Å². The Morgan fingerprint density at radius 3 is 1.24 bits per heavy atom. The van der Waals surface area contributed by atoms with Crippen LogP contribution in [0.3, 0.4) is 0 Å². The summed E-state index contributed by atoms with van der Waals surface area (Å²) in [6.45, 7) is 5.62. The molecule has 0 aliphatic carbocycles. The lowest BCUT2D eigenvalue weighted by Gasteiger charge is -2.09. The standard InChI is InChI=1S/C17H27NO7/c19-17-11-15-13-24-9-7-22-5-3-20-1-2-21-4-6-23-8-10-25-14-16(12-17)18-15/h11-12H,1-10,13-14H2,(H,18,19). The van der Waals surface area contributed by atoms with Crippen molar-refractivity contribution in [1.82, 2.24) is 4.98 Å². The Bertz CT molecular complexity index is 479. The van der Waals surface area contributed by atoms with Crippen LogP contribution in [0.15, 0.2) is 16.9 Å². The predicted molar refractivity (Wildman–Crippen MR) is 89.7 cm³/mol. The summed E-state index contributed by atoms with van der Waals surface area (Å²) < 4.78 is 32.6. The minimum absolute atomic E-state index is 0.0730. The van der Waals surface area contributed by atoms with E-state index in [1.165, 1.54) is 12.1 Å². The van der Waals surface area contributed by atoms with Gasteiger partial charge < -0.3 is 33.4 Å². The molecular weight excluding hydrogens is 330 g/mol. The van der Waals surface area contributed by atoms with Crippen molar-refractivity contribution in [2.45, 2.75) is 13.2 Å². The summed E-state index contributed by atoms with van der Waals surface area (Å²) in [6.07, 6.45) is 0. The van der Waals surface area contributed by atoms with E-state index in [-0.39, 0.29) is 5.43 Å². The molecule has 0 spiro atoms. The van der Waals surface area contributed by atoms with Gasteiger partial charge in [-0.05, 0) is 0 Å². The van der Waals surface area contributed by atoms with Crippen LogP contribution in [-0.4, -0.2) is 71.1 Å². The van der Waals surface area contributed by atoms with Crippen molar-refractivity contribution in [1.29, 1.82) is 0 Å². The molecule has 8 nitrogen and oxygen atoms in total. The molecule has 1 N–H and O–H groups in total. The van der Waals surface area contributed by atoms with Crippen LogP contribution in [0.4, 0.5) is 0 Å². The minimum Gasteiger partial charge on any atom is -0.377 e. The van der Waals surface area contributed by atoms with E-state index >= 15 is 0 Å². The summed E-state index contributed by atoms with van der Waals surface area (Å²) in [5.74, 6) is 0. The smallest absolute Gasteiger partial charge is 0.182 e. The van der Waals surface area contributed by atoms with Crippen LogP contribution in [0.5, 0.6) is 0 Å². The molecule has 0 aromatic carbocycles. The third kappa shape index (κ3) is 9.69. The summed E-state index contributed by atoms with van der Waals surface area (Å²) in [5.41, 5.74) is 1.36. The van der Waals surface area contributed by atoms with Crippen molar-refractivity contribution < 1.29 is 28.4 Å². The Kier molecular flexibility index (Phi) is 10.4. The molecule has 1 aliphatic rings. The second kappa shape index (κ2) is 13.0. The molecule has 2 bridgehead atoms. The van der Waals surface area contributed by atoms with E-state index < -0.39 is 0 Å². The zero-order valence-corrected chi connectivity index (χ0v) is 14.5. The number of aromatic amines is 1. The average molecular weight is 357 g/mol. The Hall–Kier alpha value is -1.29. The molecule has 0 atom stereocenters. The van der Waals surface area contributed by atoms with Crippen molar-refractivity contribution in [3.05, 3.63) is 33.7 Å². The summed E-state index contributed by atoms with van der Waals surface area (Å²) in [7, 11) is 0. The zero-order valence-electron chi connectivity index (χ0n) is 14.5. The first-order valence-electron chi connectivity index (χ1n) is 8.53. The fourth-order valence-electron chi connectivity index (χ4n) is 2.18. The largest absolute Gasteiger partial charge is 0.377 e. The number of hydrogen-bond donors (Lipinski definition) is 1. The molecule has 0 amide bonds. The molecule has 0 fully saturated rings. The number of hydrogen-bond acceptors (Lipinski definition) is 7. The van der Waals surface area contributed by atoms with Crippen LogP contribution in [0.25, 0.3) is 0 Å². The van der Waals surface area contributed by atoms with Crippen LogP contribution in [0, 0.1) is 0 Å². The van der Waals surface area contributed by atoms with Crippen molar-refractivity contribution in [3.8, 4) is 0 Å². The number of rotatable bonds is 0. The van der Waals surface area contributed by atoms with E-state index in [1.54, 1.807) is 0 Å². The predicted octanol–water partition coefficient (Wildman–Crippen LogP) is 0.488. The number of aromatic nitrogens is 1. The van der Waals surface area contributed by atoms with Gasteiger partial charge >= 0.3 is 0 Å². The first-order valence-corrected chi connectivity index (χ1v) is 8.53. The minimum atomic E-state index is -0.0730. The number of pyridine rings is 1. The first kappa shape index (κ1) is 20.0. The maximum atomic E-state index is 11.7. The highest BCUT2D eigenvalue weighted by molar-refractivity contribution is 5.10. The average Bonchev–Trinajstić information content (AvgIpc) is 2.59. The molecule has 1 aromatic heterocycles. The van der Waals surface area contributed by atoms with Crippen LogP contribution >= 0.6 is 0 Å². The van der Waals surface area contributed by atoms with Crippen LogP contribution < -0.4 is 5.43 Å². The van der Waals surface area contributed by atoms with Crippen molar-refractivity contribution in [2.24, 2.45) is 0 Å². The van der Waals surface area contributed by atoms with Gasteiger partial charge in [0.1, 0.15) is 0 Å². The highest BCUT2D eigenvalue weighted by atomic mass is 16.6. The molecule has 0 radical (unpaired) electrons. The number of fused-ring (bicyclic) bond motifs is 2. The molecular formula is C17H27NO7. The summed E-state index contributed by atoms with van der Waals surface area (Å²) >= 11 is 0. The highest BCUT2D eigenvalue weighted by Crippen LogP contribution is 2.00. The Balaban J connectivity index is 1.78. The summed E-state index contributed by atoms with van der Waals surface area (Å²) in [5, 5.41) is 0. The number of nitrogens with one attached hydrogen (secondary N) is 1. The zero-order chi connectivity index (χ0) is 17.6. The van der Waals surface area contributed by atoms with Gasteiger partial charge in [0.05, 0.1) is 79.3 Å². The molecule has 1 aliphatic heterocycles. The van der Waals surface area contributed by atoms with Gasteiger partial charge in [-0.1, -0.05) is 0 Å². The fourth-order valence-corrected chi connectivity index (χ4v) is 2.18. The SMILES string of the molecule is O=c1cc2[nH]c(c1)COCCOCCOCCOCCOCCOC2. The molecule has 0 saturated carbocycles. The van der Waals surface area contributed by atoms with Gasteiger partial charge in [-0.2, -0.15) is 0 Å². The van der Waals surface area contributed by atoms with E-state index in [1.807, 2.05) is 0 Å². The van der Waals surface area contributed by atoms with Gasteiger partial charge in [-0.25, -0.2) is 0 Å². The monoisotopic (exact) mass is 357 g/mol. The lowest BCUT2D eigenvalue weighted by Crippen LogP contribution is -2.13. The van der Waals surface area contributed by atoms with Gasteiger partial charge in [-0.15, -0.1) is 0 Å². The Morgan fingerprint density at radius 1 is 0.560 bits per heavy atom. The maximum absolute atomic E-state index is 11.7. The molecule has 2 rings (SSSR count). The Morgan fingerprint density at radius 2 is 0.880 bits per heavy atom. The van der Waals surface area contributed by atoms with Gasteiger partial charge in [0.15, 0.2) is 5.43 Å². The maximum Gasteiger partial charge on any atom is 0.182 e. The van der Waals surface area contributed by atoms with Crippen molar-refractivity contribution >= 4 is 0 Å². The van der Waals surface area contributed by atoms with E-state index in [0.717, 1.165) is 0 Å². The third-order valence-corrected chi connectivity index (χ3v) is 3.33. The normalized spacial score (nSPS) is 20.5. The van der Waals surface area contributed by atoms with Gasteiger partial charge in [-0.3, -0.25) is 4.79 Å². The molecule has 25 heavy (non-hydrogen) atoms. The van der Waals surface area contributed by atoms with Crippen LogP contribution in [0.2, 0.25) is 0 Å². The molecule has 0 saturated heterocycles. The second-order valence-corrected chi connectivity index (χ2v) is 5.42. The third-order valence-electron chi connectivity index (χ3n) is 3.33. The van der Waals surface area contributed by atoms with Gasteiger partial charge in [0.2, 0.25) is 0 Å². The lowest BCUT2D eigenvalue weighted by atomic mass is 10.3. The van der Waals surface area contributed by atoms with E-state index in [2.05, 4.69) is 4.98 Å². The van der Waals surface area contributed by atoms with Crippen LogP contribution in [-0.2, 0) is 41.6 Å². The van der Waals surface area contributed by atoms with Gasteiger partial charge in [0.25, 0.3) is 0 Å². The summed E-state index contributed by atoms with van der Waals surface area (Å²) in [6, 6.07) is 3.05. The highest BCUT2D eigenvalue weighted by Gasteiger charge is 2.01. The van der Waals surface area contributed by atoms with E-state index in [0.29, 0.717) is 90.7 Å². The first-order chi connectivity index (χ1) is 12.3. The molecule has 1 aromatic rings. The molecule has 0 unspecified atom stereocenters.